The van der Waals surface area contributed by atoms with Crippen LogP contribution in [0.25, 0.3) is 0 Å². The molecule has 0 aromatic heterocycles. The summed E-state index contributed by atoms with van der Waals surface area (Å²) >= 11 is 0. The molecule has 0 saturated carbocycles. The zero-order valence-electron chi connectivity index (χ0n) is 31.6. The third-order valence-electron chi connectivity index (χ3n) is 9.28. The Morgan fingerprint density at radius 3 is 1.24 bits per heavy atom. The molecular weight excluding hydrogens is 568 g/mol. The topological polar surface area (TPSA) is 71.0 Å². The van der Waals surface area contributed by atoms with Crippen molar-refractivity contribution in [3.8, 4) is 11.5 Å². The Morgan fingerprint density at radius 2 is 0.935 bits per heavy atom. The summed E-state index contributed by atoms with van der Waals surface area (Å²) in [5, 5.41) is 30.7. The van der Waals surface area contributed by atoms with Crippen LogP contribution in [-0.4, -0.2) is 59.3 Å². The van der Waals surface area contributed by atoms with E-state index in [1.807, 2.05) is 0 Å². The summed E-state index contributed by atoms with van der Waals surface area (Å²) in [4.78, 5) is 5.00. The molecule has 46 heavy (non-hydrogen) atoms. The van der Waals surface area contributed by atoms with E-state index in [2.05, 4.69) is 128 Å². The third kappa shape index (κ3) is 11.0. The van der Waals surface area contributed by atoms with Crippen molar-refractivity contribution in [1.82, 2.24) is 20.4 Å². The van der Waals surface area contributed by atoms with Gasteiger partial charge in [0.25, 0.3) is 0 Å². The molecule has 2 aromatic rings. The monoisotopic (exact) mass is 637 g/mol. The van der Waals surface area contributed by atoms with Gasteiger partial charge in [0.2, 0.25) is 0 Å². The van der Waals surface area contributed by atoms with E-state index in [4.69, 9.17) is 0 Å². The van der Waals surface area contributed by atoms with Crippen LogP contribution >= 0.6 is 0 Å². The molecular formula is C40H68N4O2. The van der Waals surface area contributed by atoms with Gasteiger partial charge in [-0.2, -0.15) is 0 Å². The van der Waals surface area contributed by atoms with Crippen molar-refractivity contribution in [2.75, 3.05) is 39.3 Å². The molecule has 1 aliphatic rings. The molecule has 0 spiro atoms. The second kappa shape index (κ2) is 15.4. The van der Waals surface area contributed by atoms with Crippen molar-refractivity contribution >= 4 is 0 Å². The number of aromatic hydroxyl groups is 2. The van der Waals surface area contributed by atoms with E-state index in [1.54, 1.807) is 0 Å². The number of rotatable bonds is 4. The molecule has 0 atom stereocenters. The minimum Gasteiger partial charge on any atom is -0.507 e. The predicted octanol–water partition coefficient (Wildman–Crippen LogP) is 8.06. The summed E-state index contributed by atoms with van der Waals surface area (Å²) in [5.41, 5.74) is 6.46. The highest BCUT2D eigenvalue weighted by atomic mass is 16.3. The van der Waals surface area contributed by atoms with Crippen LogP contribution in [0.5, 0.6) is 11.5 Å². The average molecular weight is 637 g/mol. The van der Waals surface area contributed by atoms with Crippen molar-refractivity contribution in [3.63, 3.8) is 0 Å². The number of nitrogens with zero attached hydrogens (tertiary/aromatic N) is 2. The van der Waals surface area contributed by atoms with Crippen LogP contribution in [-0.2, 0) is 37.0 Å². The number of fused-ring (bicyclic) bond motifs is 4. The molecule has 0 radical (unpaired) electrons. The molecule has 3 rings (SSSR count). The van der Waals surface area contributed by atoms with E-state index in [0.717, 1.165) is 87.5 Å². The smallest absolute Gasteiger partial charge is 0.124 e. The second-order valence-corrected chi connectivity index (χ2v) is 17.7. The van der Waals surface area contributed by atoms with Crippen LogP contribution < -0.4 is 10.6 Å². The van der Waals surface area contributed by atoms with E-state index >= 15 is 0 Å². The molecule has 6 heteroatoms. The average Bonchev–Trinajstić information content (AvgIpc) is 2.90. The Bertz CT molecular complexity index is 1190. The van der Waals surface area contributed by atoms with Gasteiger partial charge in [-0.15, -0.1) is 0 Å². The number of phenols is 2. The molecule has 4 N–H and O–H groups in total. The van der Waals surface area contributed by atoms with Crippen molar-refractivity contribution in [3.05, 3.63) is 57.6 Å². The van der Waals surface area contributed by atoms with Crippen molar-refractivity contribution in [2.24, 2.45) is 10.8 Å². The van der Waals surface area contributed by atoms with Crippen LogP contribution in [0, 0.1) is 10.8 Å². The first-order chi connectivity index (χ1) is 21.2. The van der Waals surface area contributed by atoms with Gasteiger partial charge in [0.05, 0.1) is 0 Å². The fourth-order valence-corrected chi connectivity index (χ4v) is 6.83. The van der Waals surface area contributed by atoms with Gasteiger partial charge >= 0.3 is 0 Å². The second-order valence-electron chi connectivity index (χ2n) is 17.7. The lowest BCUT2D eigenvalue weighted by Crippen LogP contribution is -2.41. The normalized spacial score (nSPS) is 19.6. The van der Waals surface area contributed by atoms with Crippen LogP contribution in [0.15, 0.2) is 24.3 Å². The highest BCUT2D eigenvalue weighted by Gasteiger charge is 2.27. The highest BCUT2D eigenvalue weighted by Crippen LogP contribution is 2.35. The van der Waals surface area contributed by atoms with Crippen molar-refractivity contribution < 1.29 is 10.2 Å². The molecule has 0 amide bonds. The molecule has 1 heterocycles. The lowest BCUT2D eigenvalue weighted by atomic mass is 9.84. The minimum absolute atomic E-state index is 0.0127. The first-order valence-electron chi connectivity index (χ1n) is 17.8. The maximum atomic E-state index is 11.6. The van der Waals surface area contributed by atoms with E-state index in [1.165, 1.54) is 11.1 Å². The van der Waals surface area contributed by atoms with Gasteiger partial charge in [-0.1, -0.05) is 107 Å². The molecule has 1 aliphatic heterocycles. The Kier molecular flexibility index (Phi) is 12.8. The van der Waals surface area contributed by atoms with E-state index in [9.17, 15) is 10.2 Å². The van der Waals surface area contributed by atoms with Gasteiger partial charge in [-0.25, -0.2) is 0 Å². The number of nitrogens with one attached hydrogen (secondary N) is 2. The Hall–Kier alpha value is -2.12. The van der Waals surface area contributed by atoms with Gasteiger partial charge < -0.3 is 20.8 Å². The standard InChI is InChI=1S/C40H68N4O2/c1-13-15-43-23-31-19-33(37(3,4)5)17-29(35(31)45)21-42-26-40(11,12)28-44(16-14-2)24-32-20-34(38(6,7)8)18-30(36(32)46)22-41-25-39(9,10)27-43/h17-20,41-42,45-46H,13-16,21-28H2,1-12H3. The summed E-state index contributed by atoms with van der Waals surface area (Å²) < 4.78 is 0. The van der Waals surface area contributed by atoms with E-state index in [-0.39, 0.29) is 21.7 Å². The highest BCUT2D eigenvalue weighted by molar-refractivity contribution is 5.47. The van der Waals surface area contributed by atoms with Crippen LogP contribution in [0.2, 0.25) is 0 Å². The largest absolute Gasteiger partial charge is 0.507 e. The first kappa shape index (κ1) is 38.3. The Balaban J connectivity index is 2.07. The number of hydrogen-bond donors (Lipinski definition) is 4. The lowest BCUT2D eigenvalue weighted by molar-refractivity contribution is 0.164. The van der Waals surface area contributed by atoms with E-state index in [0.29, 0.717) is 24.6 Å². The van der Waals surface area contributed by atoms with Gasteiger partial charge in [-0.05, 0) is 58.7 Å². The summed E-state index contributed by atoms with van der Waals surface area (Å²) in [7, 11) is 0. The minimum atomic E-state index is -0.0159. The van der Waals surface area contributed by atoms with Crippen molar-refractivity contribution in [1.29, 1.82) is 0 Å². The molecule has 2 aromatic carbocycles. The van der Waals surface area contributed by atoms with Crippen molar-refractivity contribution in [2.45, 2.75) is 133 Å². The fourth-order valence-electron chi connectivity index (χ4n) is 6.83. The third-order valence-corrected chi connectivity index (χ3v) is 9.28. The van der Waals surface area contributed by atoms with Gasteiger partial charge in [0, 0.05) is 74.6 Å². The number of benzene rings is 2. The quantitative estimate of drug-likeness (QED) is 0.272. The predicted molar refractivity (Wildman–Crippen MR) is 196 cm³/mol. The zero-order chi connectivity index (χ0) is 34.5. The first-order valence-corrected chi connectivity index (χ1v) is 17.8. The molecule has 0 fully saturated rings. The summed E-state index contributed by atoms with van der Waals surface area (Å²) in [5.74, 6) is 0.863. The molecule has 0 saturated heterocycles. The number of hydrogen-bond acceptors (Lipinski definition) is 6. The van der Waals surface area contributed by atoms with Crippen LogP contribution in [0.4, 0.5) is 0 Å². The molecule has 0 unspecified atom stereocenters. The van der Waals surface area contributed by atoms with E-state index < -0.39 is 0 Å². The van der Waals surface area contributed by atoms with Crippen LogP contribution in [0.3, 0.4) is 0 Å². The Labute approximate surface area is 282 Å². The molecule has 0 aliphatic carbocycles. The zero-order valence-corrected chi connectivity index (χ0v) is 31.6. The van der Waals surface area contributed by atoms with Crippen LogP contribution in [0.1, 0.15) is 129 Å². The maximum absolute atomic E-state index is 11.6. The fraction of sp³-hybridized carbons (Fsp3) is 0.700. The summed E-state index contributed by atoms with van der Waals surface area (Å²) in [6.45, 7) is 35.3. The van der Waals surface area contributed by atoms with Gasteiger partial charge in [-0.3, -0.25) is 9.80 Å². The number of phenolic OH excluding ortho intramolecular Hbond substituents is 2. The maximum Gasteiger partial charge on any atom is 0.124 e. The van der Waals surface area contributed by atoms with Gasteiger partial charge in [0.1, 0.15) is 11.5 Å². The SMILES string of the molecule is CCCN1Cc2cc(C(C)(C)C)cc(c2O)CNCC(C)(C)CN(CCC)Cc2cc(C(C)(C)C)cc(c2O)CNCC(C)(C)C1. The molecule has 4 bridgehead atoms. The summed E-state index contributed by atoms with van der Waals surface area (Å²) in [6.07, 6.45) is 2.11. The molecule has 260 valence electrons. The van der Waals surface area contributed by atoms with Gasteiger partial charge in [0.15, 0.2) is 0 Å². The molecule has 6 nitrogen and oxygen atoms in total. The Morgan fingerprint density at radius 1 is 0.609 bits per heavy atom. The lowest BCUT2D eigenvalue weighted by Gasteiger charge is -2.35. The summed E-state index contributed by atoms with van der Waals surface area (Å²) in [6, 6.07) is 8.87.